The molecule has 0 saturated heterocycles. The Hall–Kier alpha value is -1.26. The van der Waals surface area contributed by atoms with Crippen LogP contribution in [0.15, 0.2) is 29.4 Å². The lowest BCUT2D eigenvalue weighted by atomic mass is 10.1. The summed E-state index contributed by atoms with van der Waals surface area (Å²) in [6.45, 7) is 4.00. The molecule has 5 heteroatoms. The highest BCUT2D eigenvalue weighted by atomic mass is 35.5. The largest absolute Gasteiger partial charge is 0.409 e. The number of nitrogens with zero attached hydrogens (tertiary/aromatic N) is 1. The van der Waals surface area contributed by atoms with E-state index in [0.717, 1.165) is 12.0 Å². The monoisotopic (exact) mass is 255 g/mol. The first-order valence-corrected chi connectivity index (χ1v) is 5.95. The van der Waals surface area contributed by atoms with Crippen LogP contribution >= 0.6 is 11.6 Å². The highest BCUT2D eigenvalue weighted by Gasteiger charge is 2.15. The first kappa shape index (κ1) is 13.8. The van der Waals surface area contributed by atoms with Crippen LogP contribution in [0.3, 0.4) is 0 Å². The molecule has 0 radical (unpaired) electrons. The van der Waals surface area contributed by atoms with Gasteiger partial charge in [-0.25, -0.2) is 0 Å². The van der Waals surface area contributed by atoms with Gasteiger partial charge in [0, 0.05) is 11.1 Å². The van der Waals surface area contributed by atoms with E-state index in [9.17, 15) is 0 Å². The van der Waals surface area contributed by atoms with Crippen LogP contribution in [0.5, 0.6) is 0 Å². The van der Waals surface area contributed by atoms with Crippen molar-refractivity contribution in [1.82, 2.24) is 5.32 Å². The van der Waals surface area contributed by atoms with Gasteiger partial charge in [-0.1, -0.05) is 35.8 Å². The Kier molecular flexibility index (Phi) is 5.25. The number of oxime groups is 1. The van der Waals surface area contributed by atoms with Gasteiger partial charge in [0.25, 0.3) is 0 Å². The van der Waals surface area contributed by atoms with Gasteiger partial charge in [-0.3, -0.25) is 0 Å². The van der Waals surface area contributed by atoms with Crippen LogP contribution in [0.25, 0.3) is 0 Å². The highest BCUT2D eigenvalue weighted by molar-refractivity contribution is 6.30. The summed E-state index contributed by atoms with van der Waals surface area (Å²) in [5.74, 6) is 0.202. The number of nitrogens with one attached hydrogen (secondary N) is 1. The molecular formula is C12H18ClN3O. The van der Waals surface area contributed by atoms with Crippen molar-refractivity contribution in [3.05, 3.63) is 34.9 Å². The topological polar surface area (TPSA) is 70.6 Å². The molecule has 2 atom stereocenters. The number of hydrogen-bond donors (Lipinski definition) is 3. The lowest BCUT2D eigenvalue weighted by Gasteiger charge is -2.21. The molecule has 0 bridgehead atoms. The molecule has 0 saturated carbocycles. The first-order valence-electron chi connectivity index (χ1n) is 5.57. The first-order chi connectivity index (χ1) is 8.08. The van der Waals surface area contributed by atoms with Crippen molar-refractivity contribution in [2.75, 3.05) is 0 Å². The van der Waals surface area contributed by atoms with Gasteiger partial charge in [-0.15, -0.1) is 0 Å². The van der Waals surface area contributed by atoms with E-state index in [2.05, 4.69) is 10.5 Å². The Morgan fingerprint density at radius 2 is 2.06 bits per heavy atom. The normalized spacial score (nSPS) is 15.6. The molecule has 0 aromatic heterocycles. The number of hydrogen-bond acceptors (Lipinski definition) is 3. The molecule has 1 aromatic rings. The van der Waals surface area contributed by atoms with Gasteiger partial charge in [0.2, 0.25) is 0 Å². The lowest BCUT2D eigenvalue weighted by Crippen LogP contribution is -2.42. The van der Waals surface area contributed by atoms with Crippen LogP contribution < -0.4 is 11.1 Å². The van der Waals surface area contributed by atoms with Crippen molar-refractivity contribution in [1.29, 1.82) is 0 Å². The second kappa shape index (κ2) is 6.47. The zero-order valence-corrected chi connectivity index (χ0v) is 10.8. The van der Waals surface area contributed by atoms with Crippen molar-refractivity contribution in [2.24, 2.45) is 10.9 Å². The van der Waals surface area contributed by atoms with Crippen molar-refractivity contribution < 1.29 is 5.21 Å². The van der Waals surface area contributed by atoms with E-state index in [1.165, 1.54) is 0 Å². The summed E-state index contributed by atoms with van der Waals surface area (Å²) < 4.78 is 0. The van der Waals surface area contributed by atoms with E-state index in [-0.39, 0.29) is 17.9 Å². The van der Waals surface area contributed by atoms with Crippen LogP contribution in [0.1, 0.15) is 31.9 Å². The molecule has 0 aliphatic rings. The average molecular weight is 256 g/mol. The Balaban J connectivity index is 2.70. The summed E-state index contributed by atoms with van der Waals surface area (Å²) in [4.78, 5) is 0. The molecule has 17 heavy (non-hydrogen) atoms. The van der Waals surface area contributed by atoms with Crippen molar-refractivity contribution in [3.8, 4) is 0 Å². The van der Waals surface area contributed by atoms with Gasteiger partial charge in [0.15, 0.2) is 5.84 Å². The lowest BCUT2D eigenvalue weighted by molar-refractivity contribution is 0.313. The van der Waals surface area contributed by atoms with E-state index < -0.39 is 0 Å². The molecule has 0 fully saturated rings. The smallest absolute Gasteiger partial charge is 0.156 e. The SMILES string of the molecule is CCC(NC(C)c1ccc(Cl)cc1)C(N)=NO. The number of halogens is 1. The minimum Gasteiger partial charge on any atom is -0.409 e. The molecule has 0 amide bonds. The third kappa shape index (κ3) is 3.91. The molecule has 0 aliphatic heterocycles. The van der Waals surface area contributed by atoms with E-state index in [0.29, 0.717) is 5.02 Å². The van der Waals surface area contributed by atoms with E-state index in [4.69, 9.17) is 22.5 Å². The van der Waals surface area contributed by atoms with Crippen molar-refractivity contribution in [2.45, 2.75) is 32.4 Å². The fourth-order valence-corrected chi connectivity index (χ4v) is 1.76. The summed E-state index contributed by atoms with van der Waals surface area (Å²) in [5.41, 5.74) is 6.70. The predicted octanol–water partition coefficient (Wildman–Crippen LogP) is 2.52. The Bertz CT molecular complexity index is 378. The molecule has 1 rings (SSSR count). The summed E-state index contributed by atoms with van der Waals surface area (Å²) in [6, 6.07) is 7.58. The molecule has 2 unspecified atom stereocenters. The maximum Gasteiger partial charge on any atom is 0.156 e. The summed E-state index contributed by atoms with van der Waals surface area (Å²) in [6.07, 6.45) is 0.758. The van der Waals surface area contributed by atoms with Gasteiger partial charge < -0.3 is 16.3 Å². The minimum atomic E-state index is -0.134. The number of amidine groups is 1. The molecule has 1 aromatic carbocycles. The number of rotatable bonds is 5. The summed E-state index contributed by atoms with van der Waals surface area (Å²) in [5, 5.41) is 15.7. The molecule has 0 spiro atoms. The fourth-order valence-electron chi connectivity index (χ4n) is 1.63. The van der Waals surface area contributed by atoms with Crippen molar-refractivity contribution in [3.63, 3.8) is 0 Å². The zero-order valence-electron chi connectivity index (χ0n) is 10.0. The highest BCUT2D eigenvalue weighted by Crippen LogP contribution is 2.16. The van der Waals surface area contributed by atoms with Gasteiger partial charge in [-0.05, 0) is 31.0 Å². The molecular weight excluding hydrogens is 238 g/mol. The van der Waals surface area contributed by atoms with E-state index in [1.807, 2.05) is 38.1 Å². The quantitative estimate of drug-likeness (QED) is 0.328. The second-order valence-corrected chi connectivity index (χ2v) is 4.36. The predicted molar refractivity (Wildman–Crippen MR) is 70.5 cm³/mol. The minimum absolute atomic E-state index is 0.109. The molecule has 0 heterocycles. The van der Waals surface area contributed by atoms with Gasteiger partial charge >= 0.3 is 0 Å². The summed E-state index contributed by atoms with van der Waals surface area (Å²) >= 11 is 5.83. The van der Waals surface area contributed by atoms with Crippen LogP contribution in [0.2, 0.25) is 5.02 Å². The number of benzene rings is 1. The third-order valence-corrected chi connectivity index (χ3v) is 2.95. The Morgan fingerprint density at radius 3 is 2.53 bits per heavy atom. The van der Waals surface area contributed by atoms with Gasteiger partial charge in [0.05, 0.1) is 6.04 Å². The van der Waals surface area contributed by atoms with E-state index >= 15 is 0 Å². The maximum absolute atomic E-state index is 8.66. The van der Waals surface area contributed by atoms with Crippen LogP contribution in [0.4, 0.5) is 0 Å². The average Bonchev–Trinajstić information content (AvgIpc) is 2.35. The second-order valence-electron chi connectivity index (χ2n) is 3.93. The standard InChI is InChI=1S/C12H18ClN3O/c1-3-11(12(14)16-17)15-8(2)9-4-6-10(13)7-5-9/h4-8,11,15,17H,3H2,1-2H3,(H2,14,16). The van der Waals surface area contributed by atoms with E-state index in [1.54, 1.807) is 0 Å². The zero-order chi connectivity index (χ0) is 12.8. The van der Waals surface area contributed by atoms with Gasteiger partial charge in [-0.2, -0.15) is 0 Å². The third-order valence-electron chi connectivity index (χ3n) is 2.70. The Morgan fingerprint density at radius 1 is 1.47 bits per heavy atom. The molecule has 0 aliphatic carbocycles. The molecule has 4 nitrogen and oxygen atoms in total. The Labute approximate surface area is 106 Å². The van der Waals surface area contributed by atoms with Crippen LogP contribution in [0, 0.1) is 0 Å². The number of nitrogens with two attached hydrogens (primary N) is 1. The van der Waals surface area contributed by atoms with Crippen LogP contribution in [-0.4, -0.2) is 17.1 Å². The maximum atomic E-state index is 8.66. The summed E-state index contributed by atoms with van der Waals surface area (Å²) in [7, 11) is 0. The van der Waals surface area contributed by atoms with Crippen LogP contribution in [-0.2, 0) is 0 Å². The fraction of sp³-hybridized carbons (Fsp3) is 0.417. The van der Waals surface area contributed by atoms with Crippen molar-refractivity contribution >= 4 is 17.4 Å². The van der Waals surface area contributed by atoms with Gasteiger partial charge in [0.1, 0.15) is 0 Å². The molecule has 94 valence electrons. The molecule has 4 N–H and O–H groups in total.